The molecule has 4 heteroatoms. The molecule has 1 heterocycles. The third-order valence-electron chi connectivity index (χ3n) is 0.836. The first kappa shape index (κ1) is 4.99. The highest BCUT2D eigenvalue weighted by atomic mass is 17.2. The summed E-state index contributed by atoms with van der Waals surface area (Å²) in [6, 6.07) is 0. The maximum Gasteiger partial charge on any atom is 0.125 e. The van der Waals surface area contributed by atoms with Gasteiger partial charge in [-0.25, -0.2) is 5.26 Å². The SMILES string of the molecule is OON1CCOC1. The number of nitrogens with zero attached hydrogens (tertiary/aromatic N) is 1. The highest BCUT2D eigenvalue weighted by molar-refractivity contribution is 4.43. The topological polar surface area (TPSA) is 41.9 Å². The van der Waals surface area contributed by atoms with Crippen LogP contribution in [0.15, 0.2) is 0 Å². The van der Waals surface area contributed by atoms with Crippen LogP contribution in [0.1, 0.15) is 0 Å². The highest BCUT2D eigenvalue weighted by Crippen LogP contribution is 1.95. The number of hydrogen-bond donors (Lipinski definition) is 1. The van der Waals surface area contributed by atoms with Gasteiger partial charge in [0.2, 0.25) is 0 Å². The van der Waals surface area contributed by atoms with Gasteiger partial charge in [0.25, 0.3) is 0 Å². The number of ether oxygens (including phenoxy) is 1. The predicted octanol–water partition coefficient (Wildman–Crippen LogP) is -0.319. The van der Waals surface area contributed by atoms with Gasteiger partial charge in [-0.05, 0) is 0 Å². The van der Waals surface area contributed by atoms with E-state index in [2.05, 4.69) is 4.99 Å². The number of rotatable bonds is 1. The van der Waals surface area contributed by atoms with Crippen molar-refractivity contribution >= 4 is 0 Å². The second-order valence-electron chi connectivity index (χ2n) is 1.32. The lowest BCUT2D eigenvalue weighted by Crippen LogP contribution is -2.17. The average Bonchev–Trinajstić information content (AvgIpc) is 2.14. The molecule has 42 valence electrons. The minimum atomic E-state index is 0.372. The molecule has 0 spiro atoms. The lowest BCUT2D eigenvalue weighted by atomic mass is 10.7. The molecular weight excluding hydrogens is 98.0 g/mol. The third-order valence-corrected chi connectivity index (χ3v) is 0.836. The Bertz CT molecular complexity index is 52.1. The van der Waals surface area contributed by atoms with Gasteiger partial charge in [-0.2, -0.15) is 0 Å². The summed E-state index contributed by atoms with van der Waals surface area (Å²) < 4.78 is 4.79. The van der Waals surface area contributed by atoms with Gasteiger partial charge in [-0.1, -0.05) is 0 Å². The van der Waals surface area contributed by atoms with Crippen LogP contribution in [0.25, 0.3) is 0 Å². The van der Waals surface area contributed by atoms with Crippen molar-refractivity contribution in [3.63, 3.8) is 0 Å². The summed E-state index contributed by atoms with van der Waals surface area (Å²) in [5.41, 5.74) is 0. The Morgan fingerprint density at radius 1 is 1.71 bits per heavy atom. The van der Waals surface area contributed by atoms with Crippen LogP contribution in [0.5, 0.6) is 0 Å². The Morgan fingerprint density at radius 3 is 2.86 bits per heavy atom. The van der Waals surface area contributed by atoms with Gasteiger partial charge < -0.3 is 4.74 Å². The van der Waals surface area contributed by atoms with Crippen molar-refractivity contribution in [2.24, 2.45) is 0 Å². The Morgan fingerprint density at radius 2 is 2.57 bits per heavy atom. The van der Waals surface area contributed by atoms with Crippen LogP contribution in [0, 0.1) is 0 Å². The van der Waals surface area contributed by atoms with E-state index in [1.165, 1.54) is 5.06 Å². The van der Waals surface area contributed by atoms with Gasteiger partial charge in [-0.3, -0.25) is 0 Å². The predicted molar refractivity (Wildman–Crippen MR) is 21.2 cm³/mol. The van der Waals surface area contributed by atoms with Crippen LogP contribution in [-0.4, -0.2) is 30.2 Å². The molecule has 0 saturated carbocycles. The fourth-order valence-corrected chi connectivity index (χ4v) is 0.462. The van der Waals surface area contributed by atoms with Crippen LogP contribution in [0.4, 0.5) is 0 Å². The molecule has 1 aliphatic heterocycles. The summed E-state index contributed by atoms with van der Waals surface area (Å²) in [6.07, 6.45) is 0. The Balaban J connectivity index is 2.14. The zero-order chi connectivity index (χ0) is 5.11. The molecule has 0 aromatic heterocycles. The molecule has 0 aliphatic carbocycles. The molecular formula is C3H7NO3. The molecule has 4 nitrogen and oxygen atoms in total. The molecule has 1 N–H and O–H groups in total. The Kier molecular flexibility index (Phi) is 1.59. The standard InChI is InChI=1S/C3H7NO3/c5-7-4-1-2-6-3-4/h5H,1-3H2. The van der Waals surface area contributed by atoms with Crippen molar-refractivity contribution in [3.05, 3.63) is 0 Å². The smallest absolute Gasteiger partial charge is 0.125 e. The van der Waals surface area contributed by atoms with Crippen LogP contribution >= 0.6 is 0 Å². The molecule has 0 aromatic carbocycles. The summed E-state index contributed by atoms with van der Waals surface area (Å²) in [5.74, 6) is 0. The fraction of sp³-hybridized carbons (Fsp3) is 1.00. The van der Waals surface area contributed by atoms with Gasteiger partial charge in [-0.15, -0.1) is 10.1 Å². The maximum absolute atomic E-state index is 7.91. The van der Waals surface area contributed by atoms with E-state index in [1.54, 1.807) is 0 Å². The highest BCUT2D eigenvalue weighted by Gasteiger charge is 2.10. The third kappa shape index (κ3) is 1.10. The first-order chi connectivity index (χ1) is 3.43. The lowest BCUT2D eigenvalue weighted by Gasteiger charge is -2.02. The zero-order valence-corrected chi connectivity index (χ0v) is 3.83. The largest absolute Gasteiger partial charge is 0.362 e. The number of hydroxylamine groups is 2. The molecule has 7 heavy (non-hydrogen) atoms. The zero-order valence-electron chi connectivity index (χ0n) is 3.83. The van der Waals surface area contributed by atoms with Crippen LogP contribution < -0.4 is 0 Å². The van der Waals surface area contributed by atoms with Crippen LogP contribution in [-0.2, 0) is 9.73 Å². The molecule has 1 saturated heterocycles. The second-order valence-corrected chi connectivity index (χ2v) is 1.32. The summed E-state index contributed by atoms with van der Waals surface area (Å²) in [4.78, 5) is 3.82. The van der Waals surface area contributed by atoms with E-state index in [-0.39, 0.29) is 0 Å². The molecule has 0 radical (unpaired) electrons. The van der Waals surface area contributed by atoms with Gasteiger partial charge >= 0.3 is 0 Å². The van der Waals surface area contributed by atoms with Crippen LogP contribution in [0.3, 0.4) is 0 Å². The van der Waals surface area contributed by atoms with Crippen molar-refractivity contribution < 1.29 is 15.0 Å². The molecule has 1 aliphatic rings. The lowest BCUT2D eigenvalue weighted by molar-refractivity contribution is -0.395. The van der Waals surface area contributed by atoms with Crippen molar-refractivity contribution in [2.75, 3.05) is 19.9 Å². The van der Waals surface area contributed by atoms with Crippen molar-refractivity contribution in [2.45, 2.75) is 0 Å². The maximum atomic E-state index is 7.91. The van der Waals surface area contributed by atoms with Gasteiger partial charge in [0.15, 0.2) is 0 Å². The summed E-state index contributed by atoms with van der Waals surface area (Å²) in [6.45, 7) is 1.66. The number of hydrogen-bond acceptors (Lipinski definition) is 4. The molecule has 1 rings (SSSR count). The summed E-state index contributed by atoms with van der Waals surface area (Å²) >= 11 is 0. The molecule has 0 amide bonds. The van der Waals surface area contributed by atoms with E-state index < -0.39 is 0 Å². The average molecular weight is 105 g/mol. The molecule has 0 aromatic rings. The first-order valence-electron chi connectivity index (χ1n) is 2.07. The molecule has 0 atom stereocenters. The molecule has 0 unspecified atom stereocenters. The van der Waals surface area contributed by atoms with E-state index in [9.17, 15) is 0 Å². The van der Waals surface area contributed by atoms with Crippen molar-refractivity contribution in [1.82, 2.24) is 5.06 Å². The molecule has 0 bridgehead atoms. The van der Waals surface area contributed by atoms with Gasteiger partial charge in [0, 0.05) is 0 Å². The quantitative estimate of drug-likeness (QED) is 0.366. The van der Waals surface area contributed by atoms with Crippen LogP contribution in [0.2, 0.25) is 0 Å². The van der Waals surface area contributed by atoms with E-state index in [4.69, 9.17) is 9.99 Å². The monoisotopic (exact) mass is 105 g/mol. The van der Waals surface area contributed by atoms with E-state index >= 15 is 0 Å². The van der Waals surface area contributed by atoms with E-state index in [0.717, 1.165) is 0 Å². The van der Waals surface area contributed by atoms with Gasteiger partial charge in [0.05, 0.1) is 13.2 Å². The Labute approximate surface area is 41.1 Å². The second kappa shape index (κ2) is 2.23. The van der Waals surface area contributed by atoms with Crippen molar-refractivity contribution in [3.8, 4) is 0 Å². The van der Waals surface area contributed by atoms with Crippen molar-refractivity contribution in [1.29, 1.82) is 0 Å². The minimum Gasteiger partial charge on any atom is -0.362 e. The minimum absolute atomic E-state index is 0.372. The first-order valence-corrected chi connectivity index (χ1v) is 2.07. The normalized spacial score (nSPS) is 23.6. The molecule has 1 fully saturated rings. The van der Waals surface area contributed by atoms with E-state index in [1.807, 2.05) is 0 Å². The summed E-state index contributed by atoms with van der Waals surface area (Å²) in [5, 5.41) is 9.23. The summed E-state index contributed by atoms with van der Waals surface area (Å²) in [7, 11) is 0. The fourth-order valence-electron chi connectivity index (χ4n) is 0.462. The van der Waals surface area contributed by atoms with E-state index in [0.29, 0.717) is 19.9 Å². The Hall–Kier alpha value is -0.160. The van der Waals surface area contributed by atoms with Gasteiger partial charge in [0.1, 0.15) is 6.73 Å².